The van der Waals surface area contributed by atoms with E-state index in [0.29, 0.717) is 23.6 Å². The van der Waals surface area contributed by atoms with Crippen LogP contribution in [0, 0.1) is 16.0 Å². The van der Waals surface area contributed by atoms with Crippen LogP contribution in [0.1, 0.15) is 44.4 Å². The van der Waals surface area contributed by atoms with Crippen molar-refractivity contribution in [1.29, 1.82) is 0 Å². The van der Waals surface area contributed by atoms with Gasteiger partial charge in [0.05, 0.1) is 23.5 Å². The van der Waals surface area contributed by atoms with Crippen LogP contribution in [0.25, 0.3) is 0 Å². The number of nitro benzene ring substituents is 1. The van der Waals surface area contributed by atoms with Crippen LogP contribution in [0.4, 0.5) is 10.5 Å². The smallest absolute Gasteiger partial charge is 0.344 e. The van der Waals surface area contributed by atoms with Gasteiger partial charge >= 0.3 is 12.0 Å². The molecule has 2 unspecified atom stereocenters. The second kappa shape index (κ2) is 12.6. The van der Waals surface area contributed by atoms with Gasteiger partial charge in [-0.3, -0.25) is 19.7 Å². The van der Waals surface area contributed by atoms with Crippen molar-refractivity contribution in [2.75, 3.05) is 20.1 Å². The van der Waals surface area contributed by atoms with E-state index in [2.05, 4.69) is 4.99 Å². The average Bonchev–Trinajstić information content (AvgIpc) is 2.85. The van der Waals surface area contributed by atoms with Crippen LogP contribution in [0.5, 0.6) is 0 Å². The van der Waals surface area contributed by atoms with Crippen LogP contribution >= 0.6 is 11.6 Å². The topological polar surface area (TPSA) is 122 Å². The van der Waals surface area contributed by atoms with Gasteiger partial charge in [0.15, 0.2) is 0 Å². The Bertz CT molecular complexity index is 1230. The van der Waals surface area contributed by atoms with Crippen LogP contribution < -0.4 is 0 Å². The minimum absolute atomic E-state index is 0.0974. The fourth-order valence-corrected chi connectivity index (χ4v) is 4.49. The van der Waals surface area contributed by atoms with Gasteiger partial charge in [0, 0.05) is 43.0 Å². The van der Waals surface area contributed by atoms with Gasteiger partial charge in [-0.1, -0.05) is 35.9 Å². The predicted octanol–water partition coefficient (Wildman–Crippen LogP) is 4.84. The molecule has 1 aliphatic heterocycles. The highest BCUT2D eigenvalue weighted by atomic mass is 35.5. The first kappa shape index (κ1) is 28.8. The van der Waals surface area contributed by atoms with Crippen LogP contribution in [0.15, 0.2) is 53.5 Å². The van der Waals surface area contributed by atoms with Crippen LogP contribution in [-0.4, -0.2) is 64.6 Å². The molecule has 0 saturated heterocycles. The van der Waals surface area contributed by atoms with E-state index in [4.69, 9.17) is 16.3 Å². The number of esters is 1. The third-order valence-corrected chi connectivity index (χ3v) is 6.49. The number of hydrogen-bond donors (Lipinski definition) is 0. The van der Waals surface area contributed by atoms with E-state index in [1.54, 1.807) is 63.1 Å². The lowest BCUT2D eigenvalue weighted by Gasteiger charge is -2.39. The number of rotatable bonds is 10. The summed E-state index contributed by atoms with van der Waals surface area (Å²) >= 11 is 5.91. The number of nitro groups is 1. The Kier molecular flexibility index (Phi) is 9.57. The van der Waals surface area contributed by atoms with Crippen molar-refractivity contribution in [3.8, 4) is 0 Å². The Morgan fingerprint density at radius 1 is 1.21 bits per heavy atom. The summed E-state index contributed by atoms with van der Waals surface area (Å²) < 4.78 is 5.46. The molecule has 11 heteroatoms. The Morgan fingerprint density at radius 3 is 2.53 bits per heavy atom. The van der Waals surface area contributed by atoms with E-state index >= 15 is 0 Å². The maximum atomic E-state index is 13.1. The highest BCUT2D eigenvalue weighted by Crippen LogP contribution is 2.36. The predicted molar refractivity (Wildman–Crippen MR) is 143 cm³/mol. The van der Waals surface area contributed by atoms with Crippen molar-refractivity contribution < 1.29 is 24.0 Å². The van der Waals surface area contributed by atoms with E-state index < -0.39 is 35.0 Å². The molecule has 0 aliphatic carbocycles. The van der Waals surface area contributed by atoms with Crippen LogP contribution in [0.2, 0.25) is 5.02 Å². The zero-order valence-corrected chi connectivity index (χ0v) is 22.6. The molecule has 0 bridgehead atoms. The summed E-state index contributed by atoms with van der Waals surface area (Å²) in [5.74, 6) is -1.59. The van der Waals surface area contributed by atoms with Crippen molar-refractivity contribution >= 4 is 40.9 Å². The first-order valence-corrected chi connectivity index (χ1v) is 12.6. The molecule has 38 heavy (non-hydrogen) atoms. The molecule has 202 valence electrons. The molecule has 0 N–H and O–H groups in total. The number of ether oxygens (including phenoxy) is 1. The molecule has 2 aromatic rings. The number of nitrogens with zero attached hydrogens (tertiary/aromatic N) is 4. The molecule has 1 heterocycles. The number of non-ortho nitro benzene ring substituents is 1. The summed E-state index contributed by atoms with van der Waals surface area (Å²) in [6.45, 7) is 5.54. The molecule has 10 nitrogen and oxygen atoms in total. The fraction of sp³-hybridized carbons (Fsp3) is 0.407. The minimum Gasteiger partial charge on any atom is -0.462 e. The number of urea groups is 1. The maximum Gasteiger partial charge on any atom is 0.344 e. The Hall–Kier alpha value is -3.79. The quantitative estimate of drug-likeness (QED) is 0.240. The molecule has 1 aliphatic rings. The number of amides is 3. The van der Waals surface area contributed by atoms with Gasteiger partial charge in [-0.2, -0.15) is 0 Å². The van der Waals surface area contributed by atoms with E-state index in [1.807, 2.05) is 0 Å². The van der Waals surface area contributed by atoms with Crippen molar-refractivity contribution in [1.82, 2.24) is 9.80 Å². The molecule has 2 aromatic carbocycles. The molecule has 2 atom stereocenters. The number of benzene rings is 2. The lowest BCUT2D eigenvalue weighted by Crippen LogP contribution is -2.48. The lowest BCUT2D eigenvalue weighted by atomic mass is 9.86. The SMILES string of the molecule is CC1=NC(=O)N(CCCN(C)C(=O)Cc2ccc(Cl)cc2)C(c2cccc([N+](=O)[O-])c2)C1C(=O)OC(C)C. The number of carbonyl (C=O) groups is 3. The monoisotopic (exact) mass is 542 g/mol. The molecular weight excluding hydrogens is 512 g/mol. The second-order valence-corrected chi connectivity index (χ2v) is 9.90. The lowest BCUT2D eigenvalue weighted by molar-refractivity contribution is -0.385. The van der Waals surface area contributed by atoms with Crippen molar-refractivity contribution in [3.05, 3.63) is 74.8 Å². The van der Waals surface area contributed by atoms with E-state index in [1.165, 1.54) is 23.1 Å². The zero-order chi connectivity index (χ0) is 28.0. The first-order valence-electron chi connectivity index (χ1n) is 12.3. The first-order chi connectivity index (χ1) is 18.0. The van der Waals surface area contributed by atoms with Gasteiger partial charge in [-0.15, -0.1) is 0 Å². The summed E-state index contributed by atoms with van der Waals surface area (Å²) in [4.78, 5) is 56.8. The second-order valence-electron chi connectivity index (χ2n) is 9.46. The highest BCUT2D eigenvalue weighted by molar-refractivity contribution is 6.30. The zero-order valence-electron chi connectivity index (χ0n) is 21.8. The largest absolute Gasteiger partial charge is 0.462 e. The number of hydrogen-bond acceptors (Lipinski definition) is 6. The number of carbonyl (C=O) groups excluding carboxylic acids is 3. The fourth-order valence-electron chi connectivity index (χ4n) is 4.36. The standard InChI is InChI=1S/C27H31ClN4O6/c1-17(2)38-26(34)24-18(3)29-27(35)31(25(24)20-7-5-8-22(16-20)32(36)37)14-6-13-30(4)23(33)15-19-9-11-21(28)12-10-19/h5,7-12,16-17,24-25H,6,13-15H2,1-4H3. The third kappa shape index (κ3) is 7.16. The van der Waals surface area contributed by atoms with E-state index in [9.17, 15) is 24.5 Å². The Morgan fingerprint density at radius 2 is 1.89 bits per heavy atom. The van der Waals surface area contributed by atoms with Crippen molar-refractivity contribution in [2.24, 2.45) is 10.9 Å². The summed E-state index contributed by atoms with van der Waals surface area (Å²) in [6.07, 6.45) is 0.215. The van der Waals surface area contributed by atoms with Gasteiger partial charge in [0.25, 0.3) is 5.69 Å². The normalized spacial score (nSPS) is 17.3. The molecule has 0 fully saturated rings. The van der Waals surface area contributed by atoms with Crippen molar-refractivity contribution in [2.45, 2.75) is 45.8 Å². The van der Waals surface area contributed by atoms with Gasteiger partial charge in [-0.05, 0) is 50.5 Å². The van der Waals surface area contributed by atoms with Gasteiger partial charge in [-0.25, -0.2) is 9.79 Å². The molecule has 3 amide bonds. The van der Waals surface area contributed by atoms with Gasteiger partial charge < -0.3 is 14.5 Å². The van der Waals surface area contributed by atoms with Crippen LogP contribution in [-0.2, 0) is 20.7 Å². The number of likely N-dealkylation sites (N-methyl/N-ethyl adjacent to an activating group) is 1. The molecular formula is C27H31ClN4O6. The van der Waals surface area contributed by atoms with E-state index in [-0.39, 0.29) is 30.3 Å². The summed E-state index contributed by atoms with van der Waals surface area (Å²) in [6, 6.07) is 11.5. The molecule has 0 radical (unpaired) electrons. The summed E-state index contributed by atoms with van der Waals surface area (Å²) in [5, 5.41) is 12.0. The molecule has 0 spiro atoms. The maximum absolute atomic E-state index is 13.1. The minimum atomic E-state index is -0.929. The Labute approximate surface area is 226 Å². The molecule has 3 rings (SSSR count). The molecule has 0 saturated carbocycles. The summed E-state index contributed by atoms with van der Waals surface area (Å²) in [7, 11) is 1.68. The third-order valence-electron chi connectivity index (χ3n) is 6.23. The van der Waals surface area contributed by atoms with E-state index in [0.717, 1.165) is 5.56 Å². The number of halogens is 1. The summed E-state index contributed by atoms with van der Waals surface area (Å²) in [5.41, 5.74) is 1.39. The highest BCUT2D eigenvalue weighted by Gasteiger charge is 2.43. The average molecular weight is 543 g/mol. The molecule has 0 aromatic heterocycles. The van der Waals surface area contributed by atoms with Crippen molar-refractivity contribution in [3.63, 3.8) is 0 Å². The van der Waals surface area contributed by atoms with Crippen LogP contribution in [0.3, 0.4) is 0 Å². The van der Waals surface area contributed by atoms with Gasteiger partial charge in [0.1, 0.15) is 5.92 Å². The number of aliphatic imine (C=N–C) groups is 1. The van der Waals surface area contributed by atoms with Gasteiger partial charge in [0.2, 0.25) is 5.91 Å². The Balaban J connectivity index is 1.81.